The topological polar surface area (TPSA) is 0 Å². The van der Waals surface area contributed by atoms with Crippen LogP contribution in [-0.2, 0) is 0 Å². The van der Waals surface area contributed by atoms with Gasteiger partial charge in [0.25, 0.3) is 0 Å². The summed E-state index contributed by atoms with van der Waals surface area (Å²) in [5.74, 6) is 1.41. The van der Waals surface area contributed by atoms with Gasteiger partial charge in [0.05, 0.1) is 0 Å². The molecule has 1 heterocycles. The molecule has 0 aromatic rings. The summed E-state index contributed by atoms with van der Waals surface area (Å²) >= 11 is 0. The van der Waals surface area contributed by atoms with E-state index in [9.17, 15) is 0 Å². The van der Waals surface area contributed by atoms with Crippen LogP contribution in [0.3, 0.4) is 0 Å². The summed E-state index contributed by atoms with van der Waals surface area (Å²) in [6, 6.07) is 0. The van der Waals surface area contributed by atoms with E-state index in [1.54, 1.807) is 0 Å². The number of rotatable bonds is 0. The van der Waals surface area contributed by atoms with Gasteiger partial charge in [-0.25, -0.2) is 0 Å². The molecule has 0 nitrogen and oxygen atoms in total. The minimum atomic E-state index is -0.274. The van der Waals surface area contributed by atoms with Gasteiger partial charge in [0.15, 0.2) is 0 Å². The van der Waals surface area contributed by atoms with Gasteiger partial charge in [-0.2, -0.15) is 9.06 Å². The Morgan fingerprint density at radius 2 is 1.89 bits per heavy atom. The van der Waals surface area contributed by atoms with Crippen molar-refractivity contribution < 1.29 is 0 Å². The van der Waals surface area contributed by atoms with Crippen LogP contribution < -0.4 is 0 Å². The Hall–Kier alpha value is 1.05. The largest absolute Gasteiger partial charge is 0.187 e. The van der Waals surface area contributed by atoms with Crippen molar-refractivity contribution in [2.24, 2.45) is 0 Å². The second kappa shape index (κ2) is 2.28. The first-order valence-corrected chi connectivity index (χ1v) is 8.28. The molecule has 1 aliphatic rings. The standard InChI is InChI=1S/C6H14S3/c1-6(2)5-9(3,4)8-7-6/h5H2,1-4H3. The fraction of sp³-hybridized carbons (Fsp3) is 1.00. The van der Waals surface area contributed by atoms with Crippen LogP contribution in [0, 0.1) is 0 Å². The molecular formula is C6H14S3. The van der Waals surface area contributed by atoms with Crippen molar-refractivity contribution >= 4 is 29.7 Å². The first-order chi connectivity index (χ1) is 3.91. The smallest absolute Gasteiger partial charge is 0.0298 e. The highest BCUT2D eigenvalue weighted by Gasteiger charge is 2.34. The van der Waals surface area contributed by atoms with E-state index < -0.39 is 0 Å². The third-order valence-corrected chi connectivity index (χ3v) is 10.7. The van der Waals surface area contributed by atoms with E-state index in [1.807, 2.05) is 0 Å². The molecule has 0 aromatic heterocycles. The lowest BCUT2D eigenvalue weighted by molar-refractivity contribution is 0.824. The highest BCUT2D eigenvalue weighted by atomic mass is 33.5. The molecule has 0 radical (unpaired) electrons. The molecule has 0 amide bonds. The van der Waals surface area contributed by atoms with Crippen molar-refractivity contribution in [2.75, 3.05) is 18.3 Å². The molecule has 0 atom stereocenters. The molecule has 0 unspecified atom stereocenters. The molecule has 1 aliphatic heterocycles. The summed E-state index contributed by atoms with van der Waals surface area (Å²) in [6.07, 6.45) is 4.80. The van der Waals surface area contributed by atoms with Gasteiger partial charge in [0.2, 0.25) is 0 Å². The predicted octanol–water partition coefficient (Wildman–Crippen LogP) is 3.14. The average Bonchev–Trinajstić information content (AvgIpc) is 1.78. The normalized spacial score (nSPS) is 34.2. The van der Waals surface area contributed by atoms with Crippen LogP contribution in [0.1, 0.15) is 13.8 Å². The highest BCUT2D eigenvalue weighted by Crippen LogP contribution is 2.70. The van der Waals surface area contributed by atoms with Crippen LogP contribution in [-0.4, -0.2) is 23.0 Å². The highest BCUT2D eigenvalue weighted by molar-refractivity contribution is 9.20. The first-order valence-electron chi connectivity index (χ1n) is 3.00. The Labute approximate surface area is 66.7 Å². The summed E-state index contributed by atoms with van der Waals surface area (Å²) in [6.45, 7) is 4.68. The van der Waals surface area contributed by atoms with Crippen molar-refractivity contribution in [3.05, 3.63) is 0 Å². The van der Waals surface area contributed by atoms with Crippen molar-refractivity contribution in [3.63, 3.8) is 0 Å². The molecule has 1 rings (SSSR count). The Morgan fingerprint density at radius 1 is 1.33 bits per heavy atom. The first kappa shape index (κ1) is 8.15. The maximum Gasteiger partial charge on any atom is 0.0298 e. The molecule has 1 saturated heterocycles. The van der Waals surface area contributed by atoms with E-state index in [2.05, 4.69) is 47.0 Å². The minimum Gasteiger partial charge on any atom is -0.187 e. The number of hydrogen-bond donors (Lipinski definition) is 0. The third kappa shape index (κ3) is 2.28. The van der Waals surface area contributed by atoms with E-state index in [1.165, 1.54) is 5.75 Å². The Morgan fingerprint density at radius 3 is 2.00 bits per heavy atom. The van der Waals surface area contributed by atoms with Crippen LogP contribution in [0.25, 0.3) is 0 Å². The lowest BCUT2D eigenvalue weighted by atomic mass is 10.2. The van der Waals surface area contributed by atoms with Crippen molar-refractivity contribution in [1.82, 2.24) is 0 Å². The van der Waals surface area contributed by atoms with Gasteiger partial charge >= 0.3 is 0 Å². The molecule has 0 saturated carbocycles. The van der Waals surface area contributed by atoms with Crippen LogP contribution in [0.15, 0.2) is 0 Å². The van der Waals surface area contributed by atoms with Gasteiger partial charge in [0.1, 0.15) is 0 Å². The van der Waals surface area contributed by atoms with Crippen LogP contribution in [0.4, 0.5) is 0 Å². The summed E-state index contributed by atoms with van der Waals surface area (Å²) in [7, 11) is 3.89. The van der Waals surface area contributed by atoms with E-state index in [4.69, 9.17) is 0 Å². The molecule has 0 N–H and O–H groups in total. The Kier molecular flexibility index (Phi) is 2.06. The lowest BCUT2D eigenvalue weighted by Crippen LogP contribution is -2.15. The quantitative estimate of drug-likeness (QED) is 0.528. The summed E-state index contributed by atoms with van der Waals surface area (Å²) in [5.41, 5.74) is 0. The SMILES string of the molecule is CC1(C)CS(C)(C)SS1. The molecule has 9 heavy (non-hydrogen) atoms. The van der Waals surface area contributed by atoms with Crippen molar-refractivity contribution in [2.45, 2.75) is 18.6 Å². The second-order valence-electron chi connectivity index (χ2n) is 3.49. The monoisotopic (exact) mass is 182 g/mol. The van der Waals surface area contributed by atoms with E-state index in [0.717, 1.165) is 0 Å². The fourth-order valence-electron chi connectivity index (χ4n) is 1.07. The zero-order valence-corrected chi connectivity index (χ0v) is 8.88. The molecule has 56 valence electrons. The second-order valence-corrected chi connectivity index (χ2v) is 12.9. The van der Waals surface area contributed by atoms with Crippen LogP contribution in [0.5, 0.6) is 0 Å². The maximum absolute atomic E-state index is 2.40. The molecule has 3 heteroatoms. The zero-order valence-electron chi connectivity index (χ0n) is 6.43. The minimum absolute atomic E-state index is 0.274. The Bertz CT molecular complexity index is 103. The molecular weight excluding hydrogens is 168 g/mol. The van der Waals surface area contributed by atoms with Gasteiger partial charge in [-0.3, -0.25) is 0 Å². The molecule has 0 spiro atoms. The van der Waals surface area contributed by atoms with Gasteiger partial charge in [0, 0.05) is 10.5 Å². The third-order valence-electron chi connectivity index (χ3n) is 1.14. The molecule has 0 bridgehead atoms. The van der Waals surface area contributed by atoms with Gasteiger partial charge in [-0.05, 0) is 36.2 Å². The van der Waals surface area contributed by atoms with Gasteiger partial charge < -0.3 is 0 Å². The van der Waals surface area contributed by atoms with E-state index in [-0.39, 0.29) is 9.06 Å². The van der Waals surface area contributed by atoms with Gasteiger partial charge in [-0.1, -0.05) is 10.8 Å². The average molecular weight is 182 g/mol. The fourth-order valence-corrected chi connectivity index (χ4v) is 10.8. The van der Waals surface area contributed by atoms with Gasteiger partial charge in [-0.15, -0.1) is 0 Å². The predicted molar refractivity (Wildman–Crippen MR) is 53.6 cm³/mol. The summed E-state index contributed by atoms with van der Waals surface area (Å²) in [4.78, 5) is 0. The van der Waals surface area contributed by atoms with E-state index in [0.29, 0.717) is 4.75 Å². The van der Waals surface area contributed by atoms with Crippen LogP contribution >= 0.6 is 29.7 Å². The maximum atomic E-state index is 2.40. The molecule has 1 fully saturated rings. The molecule has 0 aromatic carbocycles. The van der Waals surface area contributed by atoms with E-state index >= 15 is 0 Å². The summed E-state index contributed by atoms with van der Waals surface area (Å²) in [5, 5.41) is 0. The molecule has 0 aliphatic carbocycles. The summed E-state index contributed by atoms with van der Waals surface area (Å²) < 4.78 is 0.545. The Balaban J connectivity index is 2.58. The zero-order chi connectivity index (χ0) is 7.12. The number of hydrogen-bond acceptors (Lipinski definition) is 2. The van der Waals surface area contributed by atoms with Crippen LogP contribution in [0.2, 0.25) is 0 Å². The van der Waals surface area contributed by atoms with Crippen molar-refractivity contribution in [3.8, 4) is 0 Å². The van der Waals surface area contributed by atoms with Crippen molar-refractivity contribution in [1.29, 1.82) is 0 Å². The lowest BCUT2D eigenvalue weighted by Gasteiger charge is -2.23.